The van der Waals surface area contributed by atoms with Gasteiger partial charge in [0.05, 0.1) is 18.2 Å². The van der Waals surface area contributed by atoms with Gasteiger partial charge in [-0.3, -0.25) is 0 Å². The number of pyridine rings is 1. The van der Waals surface area contributed by atoms with Gasteiger partial charge in [-0.1, -0.05) is 43.7 Å². The fourth-order valence-electron chi connectivity index (χ4n) is 2.54. The van der Waals surface area contributed by atoms with Crippen molar-refractivity contribution >= 4 is 22.7 Å². The number of methoxy groups -OCH3 is 1. The quantitative estimate of drug-likeness (QED) is 0.677. The van der Waals surface area contributed by atoms with E-state index in [4.69, 9.17) is 5.73 Å². The summed E-state index contributed by atoms with van der Waals surface area (Å²) in [4.78, 5) is 15.4. The number of benzene rings is 2. The second kappa shape index (κ2) is 9.56. The van der Waals surface area contributed by atoms with Gasteiger partial charge in [-0.2, -0.15) is 0 Å². The van der Waals surface area contributed by atoms with Crippen LogP contribution < -0.4 is 5.73 Å². The molecule has 0 saturated heterocycles. The number of rotatable bonds is 4. The average Bonchev–Trinajstić information content (AvgIpc) is 2.67. The number of para-hydroxylation sites is 1. The lowest BCUT2D eigenvalue weighted by molar-refractivity contribution is 0.0600. The van der Waals surface area contributed by atoms with E-state index in [0.717, 1.165) is 22.9 Å². The lowest BCUT2D eigenvalue weighted by Crippen LogP contribution is -2.00. The number of anilines is 1. The molecule has 136 valence electrons. The van der Waals surface area contributed by atoms with Gasteiger partial charge < -0.3 is 10.5 Å². The number of hydrogen-bond acceptors (Lipinski definition) is 4. The summed E-state index contributed by atoms with van der Waals surface area (Å²) in [6, 6.07) is 17.6. The molecule has 0 bridgehead atoms. The highest BCUT2D eigenvalue weighted by Gasteiger charge is 2.03. The zero-order chi connectivity index (χ0) is 18.9. The molecule has 0 aliphatic rings. The molecule has 26 heavy (non-hydrogen) atoms. The second-order valence-electron chi connectivity index (χ2n) is 6.18. The fourth-order valence-corrected chi connectivity index (χ4v) is 2.54. The van der Waals surface area contributed by atoms with Gasteiger partial charge in [-0.05, 0) is 55.2 Å². The number of hydrogen-bond donors (Lipinski definition) is 1. The first-order valence-corrected chi connectivity index (χ1v) is 8.84. The number of carbonyl (C=O) groups excluding carboxylic acids is 1. The molecule has 0 unspecified atom stereocenters. The van der Waals surface area contributed by atoms with Gasteiger partial charge >= 0.3 is 5.97 Å². The summed E-state index contributed by atoms with van der Waals surface area (Å²) >= 11 is 0. The molecule has 0 fully saturated rings. The van der Waals surface area contributed by atoms with Crippen molar-refractivity contribution in [1.29, 1.82) is 0 Å². The Morgan fingerprint density at radius 3 is 2.46 bits per heavy atom. The predicted molar refractivity (Wildman–Crippen MR) is 107 cm³/mol. The van der Waals surface area contributed by atoms with Crippen LogP contribution in [0, 0.1) is 6.92 Å². The van der Waals surface area contributed by atoms with Crippen LogP contribution in [0.3, 0.4) is 0 Å². The molecule has 0 aliphatic heterocycles. The van der Waals surface area contributed by atoms with Crippen LogP contribution in [0.2, 0.25) is 0 Å². The van der Waals surface area contributed by atoms with E-state index in [2.05, 4.69) is 22.7 Å². The first kappa shape index (κ1) is 19.4. The Kier molecular flexibility index (Phi) is 7.15. The van der Waals surface area contributed by atoms with E-state index in [1.807, 2.05) is 55.5 Å². The van der Waals surface area contributed by atoms with Crippen molar-refractivity contribution in [3.05, 3.63) is 71.3 Å². The molecule has 3 rings (SSSR count). The first-order chi connectivity index (χ1) is 12.5. The van der Waals surface area contributed by atoms with Crippen molar-refractivity contribution in [2.24, 2.45) is 0 Å². The number of nitrogens with two attached hydrogens (primary N) is 1. The number of fused-ring (bicyclic) bond motifs is 1. The van der Waals surface area contributed by atoms with Crippen LogP contribution >= 0.6 is 0 Å². The number of nitrogen functional groups attached to an aromatic ring is 1. The number of ether oxygens (including phenoxy) is 1. The number of nitrogens with zero attached hydrogens (tertiary/aromatic N) is 1. The third kappa shape index (κ3) is 5.31. The monoisotopic (exact) mass is 350 g/mol. The molecule has 4 nitrogen and oxygen atoms in total. The molecule has 2 aromatic carbocycles. The summed E-state index contributed by atoms with van der Waals surface area (Å²) in [5, 5.41) is 1.14. The summed E-state index contributed by atoms with van der Waals surface area (Å²) in [6.45, 7) is 4.14. The summed E-state index contributed by atoms with van der Waals surface area (Å²) in [5.41, 5.74) is 9.57. The number of esters is 1. The molecule has 3 aromatic rings. The summed E-state index contributed by atoms with van der Waals surface area (Å²) < 4.78 is 4.62. The topological polar surface area (TPSA) is 65.2 Å². The number of aryl methyl sites for hydroxylation is 2. The number of unbranched alkanes of at least 4 members (excludes halogenated alkanes) is 1. The van der Waals surface area contributed by atoms with Gasteiger partial charge in [0.2, 0.25) is 0 Å². The molecule has 4 heteroatoms. The van der Waals surface area contributed by atoms with Crippen LogP contribution in [0.1, 0.15) is 41.3 Å². The Morgan fingerprint density at radius 1 is 1.12 bits per heavy atom. The molecule has 2 N–H and O–H groups in total. The van der Waals surface area contributed by atoms with Crippen LogP contribution in [0.4, 0.5) is 5.82 Å². The van der Waals surface area contributed by atoms with Gasteiger partial charge in [0, 0.05) is 5.39 Å². The van der Waals surface area contributed by atoms with Crippen molar-refractivity contribution in [3.63, 3.8) is 0 Å². The zero-order valence-electron chi connectivity index (χ0n) is 15.7. The highest BCUT2D eigenvalue weighted by Crippen LogP contribution is 2.16. The molecular formula is C22H26N2O2. The second-order valence-corrected chi connectivity index (χ2v) is 6.18. The van der Waals surface area contributed by atoms with Crippen molar-refractivity contribution in [3.8, 4) is 0 Å². The third-order valence-corrected chi connectivity index (χ3v) is 4.15. The lowest BCUT2D eigenvalue weighted by atomic mass is 10.1. The van der Waals surface area contributed by atoms with E-state index in [1.165, 1.54) is 25.5 Å². The Labute approximate surface area is 155 Å². The first-order valence-electron chi connectivity index (χ1n) is 8.84. The molecule has 0 aliphatic carbocycles. The number of aromatic nitrogens is 1. The minimum atomic E-state index is -0.271. The van der Waals surface area contributed by atoms with Crippen molar-refractivity contribution in [2.75, 3.05) is 12.8 Å². The maximum atomic E-state index is 11.1. The predicted octanol–water partition coefficient (Wildman–Crippen LogP) is 4.94. The van der Waals surface area contributed by atoms with E-state index >= 15 is 0 Å². The fraction of sp³-hybridized carbons (Fsp3) is 0.273. The molecule has 0 amide bonds. The molecule has 0 spiro atoms. The minimum absolute atomic E-state index is 0.271. The van der Waals surface area contributed by atoms with E-state index in [-0.39, 0.29) is 5.97 Å². The van der Waals surface area contributed by atoms with E-state index < -0.39 is 0 Å². The van der Waals surface area contributed by atoms with Crippen LogP contribution in [0.5, 0.6) is 0 Å². The Morgan fingerprint density at radius 2 is 1.81 bits per heavy atom. The Balaban J connectivity index is 0.000000189. The molecular weight excluding hydrogens is 324 g/mol. The Bertz CT molecular complexity index is 817. The summed E-state index contributed by atoms with van der Waals surface area (Å²) in [6.07, 6.45) is 3.47. The molecule has 0 saturated carbocycles. The molecule has 1 heterocycles. The van der Waals surface area contributed by atoms with Crippen LogP contribution in [-0.2, 0) is 11.2 Å². The van der Waals surface area contributed by atoms with Crippen LogP contribution in [0.25, 0.3) is 10.9 Å². The van der Waals surface area contributed by atoms with Gasteiger partial charge in [0.15, 0.2) is 0 Å². The maximum Gasteiger partial charge on any atom is 0.337 e. The largest absolute Gasteiger partial charge is 0.465 e. The van der Waals surface area contributed by atoms with Crippen LogP contribution in [0.15, 0.2) is 54.6 Å². The van der Waals surface area contributed by atoms with Gasteiger partial charge in [0.1, 0.15) is 5.82 Å². The van der Waals surface area contributed by atoms with Gasteiger partial charge in [0.25, 0.3) is 0 Å². The standard InChI is InChI=1S/C12H16O2.C10H10N2/c1-3-4-5-10-6-8-11(9-7-10)12(13)14-2;1-7-6-8-4-2-3-5-9(8)12-10(7)11/h6-9H,3-5H2,1-2H3;2-6H,1H3,(H2,11,12). The Hall–Kier alpha value is -2.88. The van der Waals surface area contributed by atoms with E-state index in [1.54, 1.807) is 0 Å². The van der Waals surface area contributed by atoms with Gasteiger partial charge in [-0.25, -0.2) is 9.78 Å². The average molecular weight is 350 g/mol. The highest BCUT2D eigenvalue weighted by atomic mass is 16.5. The molecule has 0 radical (unpaired) electrons. The third-order valence-electron chi connectivity index (χ3n) is 4.15. The van der Waals surface area contributed by atoms with Crippen molar-refractivity contribution in [1.82, 2.24) is 4.98 Å². The zero-order valence-corrected chi connectivity index (χ0v) is 15.7. The number of carbonyl (C=O) groups is 1. The highest BCUT2D eigenvalue weighted by molar-refractivity contribution is 5.89. The van der Waals surface area contributed by atoms with Gasteiger partial charge in [-0.15, -0.1) is 0 Å². The van der Waals surface area contributed by atoms with Crippen molar-refractivity contribution in [2.45, 2.75) is 33.1 Å². The normalized spacial score (nSPS) is 10.1. The SMILES string of the molecule is CCCCc1ccc(C(=O)OC)cc1.Cc1cc2ccccc2nc1N. The summed E-state index contributed by atoms with van der Waals surface area (Å²) in [7, 11) is 1.40. The lowest BCUT2D eigenvalue weighted by Gasteiger charge is -2.01. The van der Waals surface area contributed by atoms with E-state index in [0.29, 0.717) is 11.4 Å². The van der Waals surface area contributed by atoms with Crippen molar-refractivity contribution < 1.29 is 9.53 Å². The molecule has 1 aromatic heterocycles. The summed E-state index contributed by atoms with van der Waals surface area (Å²) in [5.74, 6) is 0.348. The van der Waals surface area contributed by atoms with E-state index in [9.17, 15) is 4.79 Å². The minimum Gasteiger partial charge on any atom is -0.465 e. The molecule has 0 atom stereocenters. The maximum absolute atomic E-state index is 11.1. The smallest absolute Gasteiger partial charge is 0.337 e. The van der Waals surface area contributed by atoms with Crippen LogP contribution in [-0.4, -0.2) is 18.1 Å².